The maximum atomic E-state index is 12.2. The number of rotatable bonds is 10. The zero-order chi connectivity index (χ0) is 21.4. The molecular formula is C22H25NO5S. The molecule has 6 nitrogen and oxygen atoms in total. The van der Waals surface area contributed by atoms with Crippen LogP contribution in [0, 0.1) is 12.8 Å². The van der Waals surface area contributed by atoms with Crippen molar-refractivity contribution in [1.82, 2.24) is 0 Å². The third kappa shape index (κ3) is 7.62. The summed E-state index contributed by atoms with van der Waals surface area (Å²) in [6.45, 7) is 5.45. The van der Waals surface area contributed by atoms with E-state index in [9.17, 15) is 19.2 Å². The number of Topliss-reactive ketones (excluding diaryl/α,β-unsaturated/α-hetero) is 2. The molecule has 1 aromatic carbocycles. The lowest BCUT2D eigenvalue weighted by Gasteiger charge is -2.08. The molecule has 0 aliphatic rings. The van der Waals surface area contributed by atoms with Gasteiger partial charge in [0, 0.05) is 29.0 Å². The summed E-state index contributed by atoms with van der Waals surface area (Å²) in [5, 5.41) is 2.77. The van der Waals surface area contributed by atoms with Gasteiger partial charge in [-0.1, -0.05) is 13.8 Å². The van der Waals surface area contributed by atoms with Crippen molar-refractivity contribution in [3.63, 3.8) is 0 Å². The molecule has 0 aliphatic carbocycles. The number of nitrogens with one attached hydrogen (secondary N) is 1. The van der Waals surface area contributed by atoms with Crippen LogP contribution in [0.4, 0.5) is 5.69 Å². The second-order valence-corrected chi connectivity index (χ2v) is 8.43. The van der Waals surface area contributed by atoms with Gasteiger partial charge in [-0.25, -0.2) is 0 Å². The van der Waals surface area contributed by atoms with E-state index in [1.807, 2.05) is 26.8 Å². The average molecular weight is 416 g/mol. The van der Waals surface area contributed by atoms with Crippen molar-refractivity contribution >= 4 is 40.5 Å². The molecule has 2 rings (SSSR count). The van der Waals surface area contributed by atoms with Gasteiger partial charge in [-0.2, -0.15) is 0 Å². The third-order valence-corrected chi connectivity index (χ3v) is 5.06. The Morgan fingerprint density at radius 2 is 1.66 bits per heavy atom. The first-order valence-corrected chi connectivity index (χ1v) is 10.2. The summed E-state index contributed by atoms with van der Waals surface area (Å²) < 4.78 is 4.98. The largest absolute Gasteiger partial charge is 0.457 e. The number of hydrogen-bond acceptors (Lipinski definition) is 6. The normalized spacial score (nSPS) is 10.6. The van der Waals surface area contributed by atoms with Crippen LogP contribution >= 0.6 is 11.3 Å². The van der Waals surface area contributed by atoms with Crippen LogP contribution < -0.4 is 5.32 Å². The van der Waals surface area contributed by atoms with Crippen molar-refractivity contribution < 1.29 is 23.9 Å². The summed E-state index contributed by atoms with van der Waals surface area (Å²) >= 11 is 1.39. The lowest BCUT2D eigenvalue weighted by Crippen LogP contribution is -2.16. The molecule has 7 heteroatoms. The fourth-order valence-corrected chi connectivity index (χ4v) is 3.38. The first-order valence-electron chi connectivity index (χ1n) is 9.43. The summed E-state index contributed by atoms with van der Waals surface area (Å²) in [6.07, 6.45) is 0.410. The average Bonchev–Trinajstić information content (AvgIpc) is 3.10. The standard InChI is InChI=1S/C22H25NO5S/c1-14(2)12-21(26)23-17-7-5-16(6-8-17)19(25)13-28-22(27)11-9-18(24)20-10-4-15(3)29-20/h4-8,10,14H,9,11-13H2,1-3H3,(H,23,26). The van der Waals surface area contributed by atoms with E-state index in [0.717, 1.165) is 4.88 Å². The number of ether oxygens (including phenoxy) is 1. The topological polar surface area (TPSA) is 89.5 Å². The summed E-state index contributed by atoms with van der Waals surface area (Å²) in [5.41, 5.74) is 0.983. The quantitative estimate of drug-likeness (QED) is 0.458. The fourth-order valence-electron chi connectivity index (χ4n) is 2.55. The molecule has 0 unspecified atom stereocenters. The van der Waals surface area contributed by atoms with E-state index in [1.165, 1.54) is 11.3 Å². The molecule has 154 valence electrons. The Hall–Kier alpha value is -2.80. The number of amides is 1. The number of esters is 1. The Balaban J connectivity index is 1.75. The molecule has 0 aliphatic heterocycles. The molecule has 1 N–H and O–H groups in total. The molecule has 29 heavy (non-hydrogen) atoms. The Bertz CT molecular complexity index is 883. The Morgan fingerprint density at radius 1 is 0.966 bits per heavy atom. The number of ketones is 2. The highest BCUT2D eigenvalue weighted by atomic mass is 32.1. The molecule has 0 atom stereocenters. The second-order valence-electron chi connectivity index (χ2n) is 7.14. The Morgan fingerprint density at radius 3 is 2.24 bits per heavy atom. The molecule has 0 saturated carbocycles. The van der Waals surface area contributed by atoms with Crippen LogP contribution in [0.2, 0.25) is 0 Å². The van der Waals surface area contributed by atoms with Crippen molar-refractivity contribution in [3.05, 3.63) is 51.7 Å². The van der Waals surface area contributed by atoms with Crippen molar-refractivity contribution in [3.8, 4) is 0 Å². The van der Waals surface area contributed by atoms with Gasteiger partial charge in [0.15, 0.2) is 18.2 Å². The van der Waals surface area contributed by atoms with E-state index in [2.05, 4.69) is 5.32 Å². The highest BCUT2D eigenvalue weighted by Crippen LogP contribution is 2.17. The van der Waals surface area contributed by atoms with E-state index in [1.54, 1.807) is 30.3 Å². The molecule has 0 radical (unpaired) electrons. The highest BCUT2D eigenvalue weighted by molar-refractivity contribution is 7.14. The predicted octanol–water partition coefficient (Wildman–Crippen LogP) is 4.43. The van der Waals surface area contributed by atoms with E-state index >= 15 is 0 Å². The van der Waals surface area contributed by atoms with Gasteiger partial charge in [0.25, 0.3) is 0 Å². The minimum Gasteiger partial charge on any atom is -0.457 e. The maximum absolute atomic E-state index is 12.2. The number of benzene rings is 1. The zero-order valence-corrected chi connectivity index (χ0v) is 17.6. The van der Waals surface area contributed by atoms with Gasteiger partial charge < -0.3 is 10.1 Å². The Labute approximate surface area is 174 Å². The second kappa shape index (κ2) is 10.7. The van der Waals surface area contributed by atoms with Gasteiger partial charge in [-0.3, -0.25) is 19.2 Å². The SMILES string of the molecule is Cc1ccc(C(=O)CCC(=O)OCC(=O)c2ccc(NC(=O)CC(C)C)cc2)s1. The van der Waals surface area contributed by atoms with Crippen molar-refractivity contribution in [2.45, 2.75) is 40.0 Å². The van der Waals surface area contributed by atoms with Crippen molar-refractivity contribution in [1.29, 1.82) is 0 Å². The summed E-state index contributed by atoms with van der Waals surface area (Å²) in [7, 11) is 0. The van der Waals surface area contributed by atoms with Crippen LogP contribution in [-0.2, 0) is 14.3 Å². The smallest absolute Gasteiger partial charge is 0.306 e. The fraction of sp³-hybridized carbons (Fsp3) is 0.364. The van der Waals surface area contributed by atoms with E-state index in [4.69, 9.17) is 4.74 Å². The Kier molecular flexibility index (Phi) is 8.27. The van der Waals surface area contributed by atoms with Crippen LogP contribution in [0.15, 0.2) is 36.4 Å². The number of anilines is 1. The predicted molar refractivity (Wildman–Crippen MR) is 112 cm³/mol. The first-order chi connectivity index (χ1) is 13.7. The molecule has 0 saturated heterocycles. The number of carbonyl (C=O) groups excluding carboxylic acids is 4. The molecule has 1 heterocycles. The van der Waals surface area contributed by atoms with E-state index < -0.39 is 5.97 Å². The highest BCUT2D eigenvalue weighted by Gasteiger charge is 2.14. The molecular weight excluding hydrogens is 390 g/mol. The van der Waals surface area contributed by atoms with E-state index in [-0.39, 0.29) is 42.8 Å². The molecule has 2 aromatic rings. The van der Waals surface area contributed by atoms with Gasteiger partial charge >= 0.3 is 5.97 Å². The van der Waals surface area contributed by atoms with E-state index in [0.29, 0.717) is 22.5 Å². The lowest BCUT2D eigenvalue weighted by molar-refractivity contribution is -0.142. The van der Waals surface area contributed by atoms with Crippen LogP contribution in [0.1, 0.15) is 58.0 Å². The zero-order valence-electron chi connectivity index (χ0n) is 16.8. The molecule has 0 spiro atoms. The van der Waals surface area contributed by atoms with Gasteiger partial charge in [-0.05, 0) is 49.2 Å². The minimum atomic E-state index is -0.586. The van der Waals surface area contributed by atoms with Gasteiger partial charge in [0.1, 0.15) is 0 Å². The van der Waals surface area contributed by atoms with Crippen LogP contribution in [0.5, 0.6) is 0 Å². The number of carbonyl (C=O) groups is 4. The summed E-state index contributed by atoms with van der Waals surface area (Å²) in [4.78, 5) is 49.4. The van der Waals surface area contributed by atoms with Crippen LogP contribution in [0.25, 0.3) is 0 Å². The molecule has 1 amide bonds. The van der Waals surface area contributed by atoms with Gasteiger partial charge in [0.2, 0.25) is 5.91 Å². The van der Waals surface area contributed by atoms with Gasteiger partial charge in [-0.15, -0.1) is 11.3 Å². The summed E-state index contributed by atoms with van der Waals surface area (Å²) in [5.74, 6) is -0.867. The lowest BCUT2D eigenvalue weighted by atomic mass is 10.1. The van der Waals surface area contributed by atoms with Crippen LogP contribution in [-0.4, -0.2) is 30.0 Å². The molecule has 1 aromatic heterocycles. The number of hydrogen-bond donors (Lipinski definition) is 1. The number of thiophene rings is 1. The monoisotopic (exact) mass is 415 g/mol. The summed E-state index contributed by atoms with van der Waals surface area (Å²) in [6, 6.07) is 10.0. The maximum Gasteiger partial charge on any atom is 0.306 e. The molecule has 0 bridgehead atoms. The molecule has 0 fully saturated rings. The number of aryl methyl sites for hydroxylation is 1. The van der Waals surface area contributed by atoms with Crippen molar-refractivity contribution in [2.24, 2.45) is 5.92 Å². The third-order valence-electron chi connectivity index (χ3n) is 4.02. The first kappa shape index (κ1) is 22.5. The minimum absolute atomic E-state index is 0.0533. The van der Waals surface area contributed by atoms with Gasteiger partial charge in [0.05, 0.1) is 11.3 Å². The van der Waals surface area contributed by atoms with Crippen LogP contribution in [0.3, 0.4) is 0 Å². The van der Waals surface area contributed by atoms with Crippen molar-refractivity contribution in [2.75, 3.05) is 11.9 Å².